The van der Waals surface area contributed by atoms with Crippen molar-refractivity contribution in [1.82, 2.24) is 4.90 Å². The zero-order valence-corrected chi connectivity index (χ0v) is 6.18. The van der Waals surface area contributed by atoms with Gasteiger partial charge in [-0.15, -0.1) is 0 Å². The summed E-state index contributed by atoms with van der Waals surface area (Å²) >= 11 is 0. The van der Waals surface area contributed by atoms with Crippen LogP contribution in [0.5, 0.6) is 0 Å². The molecule has 0 amide bonds. The maximum Gasteiger partial charge on any atom is 0.148 e. The molecule has 0 spiro atoms. The summed E-state index contributed by atoms with van der Waals surface area (Å²) in [6.45, 7) is 1.77. The van der Waals surface area contributed by atoms with Crippen molar-refractivity contribution in [3.05, 3.63) is 0 Å². The average molecular weight is 139 g/mol. The monoisotopic (exact) mass is 139 g/mol. The van der Waals surface area contributed by atoms with Crippen LogP contribution < -0.4 is 0 Å². The molecule has 2 nitrogen and oxygen atoms in total. The molecule has 10 heavy (non-hydrogen) atoms. The number of nitrogens with zero attached hydrogens (tertiary/aromatic N) is 1. The SMILES string of the molecule is O=C1CCN(C2CCC2)C1. The van der Waals surface area contributed by atoms with Crippen molar-refractivity contribution in [3.63, 3.8) is 0 Å². The van der Waals surface area contributed by atoms with Crippen LogP contribution in [0, 0.1) is 0 Å². The summed E-state index contributed by atoms with van der Waals surface area (Å²) in [6.07, 6.45) is 4.83. The molecular formula is C8H13NO. The molecule has 0 radical (unpaired) electrons. The van der Waals surface area contributed by atoms with Crippen LogP contribution in [0.25, 0.3) is 0 Å². The van der Waals surface area contributed by atoms with E-state index in [0.717, 1.165) is 25.6 Å². The van der Waals surface area contributed by atoms with E-state index in [1.54, 1.807) is 0 Å². The molecule has 2 fully saturated rings. The molecule has 0 atom stereocenters. The predicted molar refractivity (Wildman–Crippen MR) is 38.8 cm³/mol. The number of rotatable bonds is 1. The molecule has 0 unspecified atom stereocenters. The molecule has 2 rings (SSSR count). The van der Waals surface area contributed by atoms with Gasteiger partial charge >= 0.3 is 0 Å². The molecule has 1 aliphatic carbocycles. The number of carbonyl (C=O) groups excluding carboxylic acids is 1. The summed E-state index contributed by atoms with van der Waals surface area (Å²) in [5.41, 5.74) is 0. The summed E-state index contributed by atoms with van der Waals surface area (Å²) < 4.78 is 0. The number of likely N-dealkylation sites (tertiary alicyclic amines) is 1. The Balaban J connectivity index is 1.88. The van der Waals surface area contributed by atoms with Crippen molar-refractivity contribution in [1.29, 1.82) is 0 Å². The Hall–Kier alpha value is -0.370. The summed E-state index contributed by atoms with van der Waals surface area (Å²) in [5.74, 6) is 0.437. The second-order valence-corrected chi connectivity index (χ2v) is 3.34. The fourth-order valence-corrected chi connectivity index (χ4v) is 1.72. The van der Waals surface area contributed by atoms with Crippen molar-refractivity contribution in [3.8, 4) is 0 Å². The maximum atomic E-state index is 10.9. The Morgan fingerprint density at radius 1 is 1.40 bits per heavy atom. The number of ketones is 1. The molecule has 1 aliphatic heterocycles. The lowest BCUT2D eigenvalue weighted by Crippen LogP contribution is -2.38. The van der Waals surface area contributed by atoms with Crippen LogP contribution in [0.3, 0.4) is 0 Å². The summed E-state index contributed by atoms with van der Waals surface area (Å²) in [4.78, 5) is 13.2. The molecule has 0 aromatic heterocycles. The highest BCUT2D eigenvalue weighted by Crippen LogP contribution is 2.26. The topological polar surface area (TPSA) is 20.3 Å². The van der Waals surface area contributed by atoms with Gasteiger partial charge < -0.3 is 0 Å². The lowest BCUT2D eigenvalue weighted by molar-refractivity contribution is -0.117. The molecule has 0 aromatic carbocycles. The van der Waals surface area contributed by atoms with Crippen molar-refractivity contribution in [2.24, 2.45) is 0 Å². The second-order valence-electron chi connectivity index (χ2n) is 3.34. The molecule has 0 N–H and O–H groups in total. The minimum absolute atomic E-state index is 0.437. The Bertz CT molecular complexity index is 151. The normalized spacial score (nSPS) is 29.0. The average Bonchev–Trinajstić information content (AvgIpc) is 2.10. The van der Waals surface area contributed by atoms with Gasteiger partial charge in [0.15, 0.2) is 0 Å². The van der Waals surface area contributed by atoms with E-state index in [1.807, 2.05) is 0 Å². The Kier molecular flexibility index (Phi) is 1.49. The third-order valence-electron chi connectivity index (χ3n) is 2.65. The van der Waals surface area contributed by atoms with Crippen LogP contribution in [-0.2, 0) is 4.79 Å². The van der Waals surface area contributed by atoms with Crippen LogP contribution in [0.15, 0.2) is 0 Å². The van der Waals surface area contributed by atoms with E-state index < -0.39 is 0 Å². The third-order valence-corrected chi connectivity index (χ3v) is 2.65. The van der Waals surface area contributed by atoms with Gasteiger partial charge in [-0.25, -0.2) is 0 Å². The van der Waals surface area contributed by atoms with Crippen LogP contribution in [0.1, 0.15) is 25.7 Å². The molecule has 2 heteroatoms. The largest absolute Gasteiger partial charge is 0.298 e. The number of hydrogen-bond donors (Lipinski definition) is 0. The molecule has 1 heterocycles. The number of Topliss-reactive ketones (excluding diaryl/α,β-unsaturated/α-hetero) is 1. The number of hydrogen-bond acceptors (Lipinski definition) is 2. The van der Waals surface area contributed by atoms with Crippen molar-refractivity contribution in [2.45, 2.75) is 31.7 Å². The Morgan fingerprint density at radius 3 is 2.60 bits per heavy atom. The second kappa shape index (κ2) is 2.35. The van der Waals surface area contributed by atoms with Gasteiger partial charge in [0.1, 0.15) is 5.78 Å². The molecule has 1 saturated carbocycles. The Morgan fingerprint density at radius 2 is 2.20 bits per heavy atom. The van der Waals surface area contributed by atoms with E-state index >= 15 is 0 Å². The van der Waals surface area contributed by atoms with E-state index in [4.69, 9.17) is 0 Å². The van der Waals surface area contributed by atoms with Crippen molar-refractivity contribution >= 4 is 5.78 Å². The van der Waals surface area contributed by atoms with Crippen LogP contribution >= 0.6 is 0 Å². The Labute approximate surface area is 61.2 Å². The zero-order chi connectivity index (χ0) is 6.97. The maximum absolute atomic E-state index is 10.9. The minimum atomic E-state index is 0.437. The molecule has 2 aliphatic rings. The fraction of sp³-hybridized carbons (Fsp3) is 0.875. The lowest BCUT2D eigenvalue weighted by Gasteiger charge is -2.33. The molecular weight excluding hydrogens is 126 g/mol. The van der Waals surface area contributed by atoms with Crippen LogP contribution in [-0.4, -0.2) is 29.8 Å². The quantitative estimate of drug-likeness (QED) is 0.536. The molecule has 0 aromatic rings. The van der Waals surface area contributed by atoms with Crippen molar-refractivity contribution in [2.75, 3.05) is 13.1 Å². The first-order chi connectivity index (χ1) is 4.86. The van der Waals surface area contributed by atoms with Gasteiger partial charge in [0.05, 0.1) is 6.54 Å². The van der Waals surface area contributed by atoms with Gasteiger partial charge in [-0.05, 0) is 12.8 Å². The van der Waals surface area contributed by atoms with Gasteiger partial charge in [0.2, 0.25) is 0 Å². The molecule has 56 valence electrons. The van der Waals surface area contributed by atoms with Gasteiger partial charge in [0, 0.05) is 19.0 Å². The van der Waals surface area contributed by atoms with Crippen LogP contribution in [0.2, 0.25) is 0 Å². The van der Waals surface area contributed by atoms with E-state index in [9.17, 15) is 4.79 Å². The van der Waals surface area contributed by atoms with E-state index in [2.05, 4.69) is 4.90 Å². The zero-order valence-electron chi connectivity index (χ0n) is 6.18. The summed E-state index contributed by atoms with van der Waals surface area (Å²) in [7, 11) is 0. The van der Waals surface area contributed by atoms with Gasteiger partial charge in [-0.2, -0.15) is 0 Å². The first-order valence-corrected chi connectivity index (χ1v) is 4.12. The standard InChI is InChI=1S/C8H13NO/c10-8-4-5-9(6-8)7-2-1-3-7/h7H,1-6H2. The van der Waals surface area contributed by atoms with E-state index in [1.165, 1.54) is 19.3 Å². The molecule has 1 saturated heterocycles. The lowest BCUT2D eigenvalue weighted by atomic mass is 9.92. The highest BCUT2D eigenvalue weighted by Gasteiger charge is 2.29. The predicted octanol–water partition coefficient (Wildman–Crippen LogP) is 0.814. The van der Waals surface area contributed by atoms with Gasteiger partial charge in [0.25, 0.3) is 0 Å². The highest BCUT2D eigenvalue weighted by atomic mass is 16.1. The fourth-order valence-electron chi connectivity index (χ4n) is 1.72. The van der Waals surface area contributed by atoms with Crippen LogP contribution in [0.4, 0.5) is 0 Å². The van der Waals surface area contributed by atoms with E-state index in [-0.39, 0.29) is 0 Å². The highest BCUT2D eigenvalue weighted by molar-refractivity contribution is 5.82. The third kappa shape index (κ3) is 0.966. The summed E-state index contributed by atoms with van der Waals surface area (Å²) in [6, 6.07) is 0.770. The number of carbonyl (C=O) groups is 1. The first kappa shape index (κ1) is 6.35. The van der Waals surface area contributed by atoms with Gasteiger partial charge in [-0.1, -0.05) is 6.42 Å². The minimum Gasteiger partial charge on any atom is -0.298 e. The smallest absolute Gasteiger partial charge is 0.148 e. The summed E-state index contributed by atoms with van der Waals surface area (Å²) in [5, 5.41) is 0. The molecule has 0 bridgehead atoms. The first-order valence-electron chi connectivity index (χ1n) is 4.12. The van der Waals surface area contributed by atoms with Gasteiger partial charge in [-0.3, -0.25) is 9.69 Å². The van der Waals surface area contributed by atoms with Crippen molar-refractivity contribution < 1.29 is 4.79 Å². The van der Waals surface area contributed by atoms with E-state index in [0.29, 0.717) is 5.78 Å².